The van der Waals surface area contributed by atoms with Gasteiger partial charge in [0.25, 0.3) is 5.91 Å². The van der Waals surface area contributed by atoms with Gasteiger partial charge in [-0.2, -0.15) is 0 Å². The zero-order valence-corrected chi connectivity index (χ0v) is 14.4. The van der Waals surface area contributed by atoms with E-state index < -0.39 is 17.1 Å². The minimum absolute atomic E-state index is 0.274. The molecule has 1 aromatic rings. The molecule has 0 radical (unpaired) electrons. The van der Waals surface area contributed by atoms with Crippen molar-refractivity contribution < 1.29 is 19.2 Å². The molecule has 0 saturated carbocycles. The summed E-state index contributed by atoms with van der Waals surface area (Å²) in [7, 11) is 0. The second-order valence-electron chi connectivity index (χ2n) is 6.14. The van der Waals surface area contributed by atoms with Gasteiger partial charge in [0.1, 0.15) is 5.60 Å². The smallest absolute Gasteiger partial charge is 0.411 e. The van der Waals surface area contributed by atoms with Gasteiger partial charge >= 0.3 is 6.09 Å². The largest absolute Gasteiger partial charge is 0.444 e. The first kappa shape index (κ1) is 17.6. The third-order valence-corrected chi connectivity index (χ3v) is 4.20. The maximum absolute atomic E-state index is 12.2. The molecule has 0 bridgehead atoms. The van der Waals surface area contributed by atoms with Crippen LogP contribution in [0.1, 0.15) is 26.3 Å². The van der Waals surface area contributed by atoms with Gasteiger partial charge in [-0.3, -0.25) is 14.5 Å². The number of carbonyl (C=O) groups is 2. The zero-order valence-electron chi connectivity index (χ0n) is 13.6. The average Bonchev–Trinajstić information content (AvgIpc) is 2.96. The number of carbonyl (C=O) groups excluding carboxylic acids is 2. The van der Waals surface area contributed by atoms with E-state index in [1.165, 1.54) is 16.7 Å². The predicted octanol–water partition coefficient (Wildman–Crippen LogP) is 2.54. The third-order valence-electron chi connectivity index (χ3n) is 3.00. The molecule has 1 saturated heterocycles. The highest BCUT2D eigenvalue weighted by Crippen LogP contribution is 2.26. The third kappa shape index (κ3) is 5.44. The number of hydroxylamine groups is 1. The van der Waals surface area contributed by atoms with E-state index in [1.54, 1.807) is 20.8 Å². The number of benzene rings is 1. The maximum Gasteiger partial charge on any atom is 0.411 e. The number of rotatable bonds is 4. The molecule has 2 rings (SSSR count). The van der Waals surface area contributed by atoms with Crippen LogP contribution in [0.15, 0.2) is 30.3 Å². The minimum Gasteiger partial charge on any atom is -0.444 e. The molecule has 1 aliphatic heterocycles. The molecule has 1 unspecified atom stereocenters. The lowest BCUT2D eigenvalue weighted by molar-refractivity contribution is -0.136. The molecule has 2 amide bonds. The van der Waals surface area contributed by atoms with Crippen LogP contribution in [0, 0.1) is 0 Å². The van der Waals surface area contributed by atoms with E-state index in [9.17, 15) is 9.59 Å². The Balaban J connectivity index is 1.84. The first-order chi connectivity index (χ1) is 10.9. The van der Waals surface area contributed by atoms with Crippen LogP contribution in [-0.2, 0) is 21.0 Å². The van der Waals surface area contributed by atoms with Gasteiger partial charge in [0.05, 0.1) is 6.61 Å². The van der Waals surface area contributed by atoms with Crippen LogP contribution in [0.5, 0.6) is 0 Å². The average molecular weight is 338 g/mol. The number of amides is 2. The van der Waals surface area contributed by atoms with E-state index in [0.717, 1.165) is 5.56 Å². The topological polar surface area (TPSA) is 67.9 Å². The van der Waals surface area contributed by atoms with Crippen molar-refractivity contribution >= 4 is 23.8 Å². The van der Waals surface area contributed by atoms with E-state index in [-0.39, 0.29) is 12.5 Å². The summed E-state index contributed by atoms with van der Waals surface area (Å²) in [6.07, 6.45) is -0.481. The summed E-state index contributed by atoms with van der Waals surface area (Å²) in [5.74, 6) is 0.338. The van der Waals surface area contributed by atoms with Crippen LogP contribution in [0.3, 0.4) is 0 Å². The highest BCUT2D eigenvalue weighted by Gasteiger charge is 2.37. The Hall–Kier alpha value is -1.73. The second-order valence-corrected chi connectivity index (χ2v) is 7.33. The first-order valence-corrected chi connectivity index (χ1v) is 8.48. The molecule has 0 aromatic heterocycles. The summed E-state index contributed by atoms with van der Waals surface area (Å²) in [5, 5.41) is -0.624. The van der Waals surface area contributed by atoms with Crippen molar-refractivity contribution in [3.63, 3.8) is 0 Å². The summed E-state index contributed by atoms with van der Waals surface area (Å²) in [6, 6.07) is 9.53. The van der Waals surface area contributed by atoms with Crippen LogP contribution >= 0.6 is 11.8 Å². The summed E-state index contributed by atoms with van der Waals surface area (Å²) in [4.78, 5) is 31.0. The van der Waals surface area contributed by atoms with Crippen LogP contribution < -0.4 is 5.48 Å². The molecule has 6 nitrogen and oxygen atoms in total. The Morgan fingerprint density at radius 3 is 2.65 bits per heavy atom. The van der Waals surface area contributed by atoms with Gasteiger partial charge in [0, 0.05) is 12.3 Å². The van der Waals surface area contributed by atoms with Crippen molar-refractivity contribution in [2.45, 2.75) is 38.4 Å². The lowest BCUT2D eigenvalue weighted by atomic mass is 10.2. The van der Waals surface area contributed by atoms with E-state index in [2.05, 4.69) is 5.48 Å². The van der Waals surface area contributed by atoms with Gasteiger partial charge < -0.3 is 4.74 Å². The molecule has 1 aliphatic rings. The number of ether oxygens (including phenoxy) is 1. The van der Waals surface area contributed by atoms with Gasteiger partial charge in [0.15, 0.2) is 5.37 Å². The Morgan fingerprint density at radius 1 is 1.30 bits per heavy atom. The molecule has 23 heavy (non-hydrogen) atoms. The van der Waals surface area contributed by atoms with Crippen molar-refractivity contribution in [3.8, 4) is 0 Å². The standard InChI is InChI=1S/C16H22N2O4S/c1-16(2,3)22-15(20)18-9-10-23-14(18)13(19)17-21-11-12-7-5-4-6-8-12/h4-8,14H,9-11H2,1-3H3,(H,17,19). The number of hydrogen-bond acceptors (Lipinski definition) is 5. The molecule has 0 aliphatic carbocycles. The minimum atomic E-state index is -0.624. The fourth-order valence-corrected chi connectivity index (χ4v) is 3.11. The number of nitrogens with zero attached hydrogens (tertiary/aromatic N) is 1. The molecular formula is C16H22N2O4S. The highest BCUT2D eigenvalue weighted by molar-refractivity contribution is 8.00. The van der Waals surface area contributed by atoms with Crippen LogP contribution in [-0.4, -0.2) is 40.2 Å². The van der Waals surface area contributed by atoms with Gasteiger partial charge in [-0.25, -0.2) is 10.3 Å². The Kier molecular flexibility index (Phi) is 5.90. The van der Waals surface area contributed by atoms with Gasteiger partial charge in [-0.1, -0.05) is 30.3 Å². The lowest BCUT2D eigenvalue weighted by Crippen LogP contribution is -2.46. The van der Waals surface area contributed by atoms with E-state index >= 15 is 0 Å². The summed E-state index contributed by atoms with van der Waals surface area (Å²) < 4.78 is 5.33. The molecule has 126 valence electrons. The zero-order chi connectivity index (χ0) is 16.9. The Morgan fingerprint density at radius 2 is 2.00 bits per heavy atom. The summed E-state index contributed by atoms with van der Waals surface area (Å²) in [5.41, 5.74) is 2.78. The van der Waals surface area contributed by atoms with Crippen LogP contribution in [0.2, 0.25) is 0 Å². The molecule has 1 atom stereocenters. The fraction of sp³-hybridized carbons (Fsp3) is 0.500. The number of hydrogen-bond donors (Lipinski definition) is 1. The van der Waals surface area contributed by atoms with Crippen molar-refractivity contribution in [1.82, 2.24) is 10.4 Å². The summed E-state index contributed by atoms with van der Waals surface area (Å²) in [6.45, 7) is 6.15. The number of nitrogens with one attached hydrogen (secondary N) is 1. The number of thioether (sulfide) groups is 1. The van der Waals surface area contributed by atoms with Gasteiger partial charge in [-0.05, 0) is 26.3 Å². The molecule has 7 heteroatoms. The predicted molar refractivity (Wildman–Crippen MR) is 88.6 cm³/mol. The van der Waals surface area contributed by atoms with Crippen molar-refractivity contribution in [2.24, 2.45) is 0 Å². The Labute approximate surface area is 140 Å². The van der Waals surface area contributed by atoms with E-state index in [1.807, 2.05) is 30.3 Å². The lowest BCUT2D eigenvalue weighted by Gasteiger charge is -2.27. The molecule has 1 fully saturated rings. The van der Waals surface area contributed by atoms with Gasteiger partial charge in [-0.15, -0.1) is 11.8 Å². The molecular weight excluding hydrogens is 316 g/mol. The summed E-state index contributed by atoms with van der Waals surface area (Å²) >= 11 is 1.39. The molecule has 1 heterocycles. The molecule has 1 N–H and O–H groups in total. The normalized spacial score (nSPS) is 17.9. The van der Waals surface area contributed by atoms with Crippen LogP contribution in [0.25, 0.3) is 0 Å². The highest BCUT2D eigenvalue weighted by atomic mass is 32.2. The van der Waals surface area contributed by atoms with E-state index in [0.29, 0.717) is 12.3 Å². The second kappa shape index (κ2) is 7.70. The van der Waals surface area contributed by atoms with Crippen molar-refractivity contribution in [1.29, 1.82) is 0 Å². The Bertz CT molecular complexity index is 545. The fourth-order valence-electron chi connectivity index (χ4n) is 2.01. The first-order valence-electron chi connectivity index (χ1n) is 7.43. The SMILES string of the molecule is CC(C)(C)OC(=O)N1CCSC1C(=O)NOCc1ccccc1. The van der Waals surface area contributed by atoms with Gasteiger partial charge in [0.2, 0.25) is 0 Å². The van der Waals surface area contributed by atoms with Crippen molar-refractivity contribution in [3.05, 3.63) is 35.9 Å². The molecule has 1 aromatic carbocycles. The maximum atomic E-state index is 12.2. The van der Waals surface area contributed by atoms with Crippen LogP contribution in [0.4, 0.5) is 4.79 Å². The quantitative estimate of drug-likeness (QED) is 0.855. The molecule has 0 spiro atoms. The monoisotopic (exact) mass is 338 g/mol. The van der Waals surface area contributed by atoms with E-state index in [4.69, 9.17) is 9.57 Å². The van der Waals surface area contributed by atoms with Crippen molar-refractivity contribution in [2.75, 3.05) is 12.3 Å².